The van der Waals surface area contributed by atoms with Crippen molar-refractivity contribution in [3.05, 3.63) is 86.4 Å². The molecular formula is C25H16Cl5F2N3O3. The molecule has 3 N–H and O–H groups in total. The minimum Gasteiger partial charge on any atom is -0.326 e. The third kappa shape index (κ3) is 6.00. The highest BCUT2D eigenvalue weighted by Gasteiger charge is 2.67. The largest absolute Gasteiger partial charge is 0.326 e. The number of hydrogen-bond donors (Lipinski definition) is 3. The Labute approximate surface area is 240 Å². The Morgan fingerprint density at radius 3 is 2.16 bits per heavy atom. The molecule has 2 atom stereocenters. The van der Waals surface area contributed by atoms with Gasteiger partial charge in [-0.3, -0.25) is 14.4 Å². The Kier molecular flexibility index (Phi) is 8.12. The fraction of sp³-hybridized carbons (Fsp3) is 0.160. The van der Waals surface area contributed by atoms with Crippen molar-refractivity contribution in [2.75, 3.05) is 16.0 Å². The molecule has 0 aliphatic heterocycles. The van der Waals surface area contributed by atoms with Crippen molar-refractivity contribution in [1.82, 2.24) is 0 Å². The summed E-state index contributed by atoms with van der Waals surface area (Å²) in [6.45, 7) is 1.14. The van der Waals surface area contributed by atoms with Crippen LogP contribution in [0.4, 0.5) is 25.8 Å². The summed E-state index contributed by atoms with van der Waals surface area (Å²) in [4.78, 5) is 37.4. The van der Waals surface area contributed by atoms with Gasteiger partial charge in [-0.05, 0) is 48.0 Å². The van der Waals surface area contributed by atoms with E-state index in [1.807, 2.05) is 0 Å². The van der Waals surface area contributed by atoms with Gasteiger partial charge in [0.2, 0.25) is 11.8 Å². The van der Waals surface area contributed by atoms with E-state index < -0.39 is 51.2 Å². The van der Waals surface area contributed by atoms with Gasteiger partial charge in [-0.25, -0.2) is 8.78 Å². The van der Waals surface area contributed by atoms with Crippen LogP contribution in [0.1, 0.15) is 28.8 Å². The number of rotatable bonds is 6. The van der Waals surface area contributed by atoms with E-state index >= 15 is 0 Å². The van der Waals surface area contributed by atoms with Gasteiger partial charge in [0.05, 0.1) is 22.2 Å². The molecule has 38 heavy (non-hydrogen) atoms. The Morgan fingerprint density at radius 2 is 1.53 bits per heavy atom. The lowest BCUT2D eigenvalue weighted by molar-refractivity contribution is -0.117. The Hall–Kier alpha value is -2.62. The summed E-state index contributed by atoms with van der Waals surface area (Å²) < 4.78 is 26.7. The topological polar surface area (TPSA) is 87.3 Å². The minimum absolute atomic E-state index is 0.0222. The molecule has 3 aromatic rings. The molecule has 198 valence electrons. The smallest absolute Gasteiger partial charge is 0.257 e. The van der Waals surface area contributed by atoms with E-state index in [1.54, 1.807) is 12.1 Å². The van der Waals surface area contributed by atoms with E-state index in [4.69, 9.17) is 58.0 Å². The van der Waals surface area contributed by atoms with Crippen molar-refractivity contribution < 1.29 is 23.2 Å². The third-order valence-electron chi connectivity index (χ3n) is 5.66. The van der Waals surface area contributed by atoms with Gasteiger partial charge in [-0.2, -0.15) is 0 Å². The van der Waals surface area contributed by atoms with Crippen molar-refractivity contribution in [1.29, 1.82) is 0 Å². The molecule has 0 unspecified atom stereocenters. The second kappa shape index (κ2) is 10.9. The molecule has 0 heterocycles. The molecule has 0 bridgehead atoms. The van der Waals surface area contributed by atoms with Crippen molar-refractivity contribution in [2.45, 2.75) is 17.2 Å². The molecule has 1 saturated carbocycles. The zero-order chi connectivity index (χ0) is 27.9. The van der Waals surface area contributed by atoms with Crippen molar-refractivity contribution in [2.24, 2.45) is 5.92 Å². The first-order valence-electron chi connectivity index (χ1n) is 10.8. The minimum atomic E-state index is -1.43. The summed E-state index contributed by atoms with van der Waals surface area (Å²) in [7, 11) is 0. The number of halogens is 7. The summed E-state index contributed by atoms with van der Waals surface area (Å²) in [6, 6.07) is 10.2. The van der Waals surface area contributed by atoms with Crippen LogP contribution in [0.2, 0.25) is 15.1 Å². The van der Waals surface area contributed by atoms with Crippen LogP contribution in [0.15, 0.2) is 48.5 Å². The van der Waals surface area contributed by atoms with Crippen LogP contribution in [0.5, 0.6) is 0 Å². The Bertz CT molecular complexity index is 1460. The van der Waals surface area contributed by atoms with Crippen LogP contribution in [-0.4, -0.2) is 22.1 Å². The molecule has 3 amide bonds. The lowest BCUT2D eigenvalue weighted by Crippen LogP contribution is -2.19. The second-order valence-electron chi connectivity index (χ2n) is 8.46. The number of carbonyl (C=O) groups is 3. The molecule has 13 heteroatoms. The highest BCUT2D eigenvalue weighted by atomic mass is 35.5. The molecule has 3 aromatic carbocycles. The number of carbonyl (C=O) groups excluding carboxylic acids is 3. The maximum Gasteiger partial charge on any atom is 0.257 e. The lowest BCUT2D eigenvalue weighted by Gasteiger charge is -2.14. The fourth-order valence-corrected chi connectivity index (χ4v) is 5.56. The first-order valence-corrected chi connectivity index (χ1v) is 12.7. The van der Waals surface area contributed by atoms with Gasteiger partial charge in [-0.15, -0.1) is 23.2 Å². The van der Waals surface area contributed by atoms with E-state index in [0.29, 0.717) is 21.7 Å². The van der Waals surface area contributed by atoms with E-state index in [2.05, 4.69) is 16.0 Å². The number of amides is 3. The first kappa shape index (κ1) is 28.4. The van der Waals surface area contributed by atoms with Crippen LogP contribution < -0.4 is 16.0 Å². The van der Waals surface area contributed by atoms with Crippen LogP contribution in [-0.2, 0) is 9.59 Å². The van der Waals surface area contributed by atoms with Gasteiger partial charge in [0.25, 0.3) is 5.91 Å². The number of benzene rings is 3. The predicted octanol–water partition coefficient (Wildman–Crippen LogP) is 7.66. The van der Waals surface area contributed by atoms with Crippen LogP contribution >= 0.6 is 58.0 Å². The van der Waals surface area contributed by atoms with E-state index in [1.165, 1.54) is 24.3 Å². The highest BCUT2D eigenvalue weighted by Crippen LogP contribution is 2.65. The molecular weight excluding hydrogens is 606 g/mol. The summed E-state index contributed by atoms with van der Waals surface area (Å²) in [5.41, 5.74) is -0.137. The fourth-order valence-electron chi connectivity index (χ4n) is 3.99. The van der Waals surface area contributed by atoms with E-state index in [0.717, 1.165) is 13.0 Å². The molecule has 1 aliphatic rings. The second-order valence-corrected chi connectivity index (χ2v) is 11.2. The molecule has 4 rings (SSSR count). The maximum atomic E-state index is 14.4. The summed E-state index contributed by atoms with van der Waals surface area (Å²) in [5, 5.41) is 7.86. The average Bonchev–Trinajstić information content (AvgIpc) is 3.38. The molecule has 1 aliphatic carbocycles. The van der Waals surface area contributed by atoms with Crippen LogP contribution in [0.3, 0.4) is 0 Å². The van der Waals surface area contributed by atoms with Gasteiger partial charge < -0.3 is 16.0 Å². The van der Waals surface area contributed by atoms with Gasteiger partial charge in [0.1, 0.15) is 15.8 Å². The predicted molar refractivity (Wildman–Crippen MR) is 146 cm³/mol. The Balaban J connectivity index is 1.55. The van der Waals surface area contributed by atoms with Crippen LogP contribution in [0.25, 0.3) is 0 Å². The van der Waals surface area contributed by atoms with Gasteiger partial charge in [0.15, 0.2) is 5.82 Å². The molecule has 1 fully saturated rings. The first-order chi connectivity index (χ1) is 17.8. The van der Waals surface area contributed by atoms with Crippen molar-refractivity contribution in [3.63, 3.8) is 0 Å². The maximum absolute atomic E-state index is 14.4. The van der Waals surface area contributed by atoms with Gasteiger partial charge >= 0.3 is 0 Å². The highest BCUT2D eigenvalue weighted by molar-refractivity contribution is 6.53. The molecule has 0 saturated heterocycles. The lowest BCUT2D eigenvalue weighted by atomic mass is 10.1. The van der Waals surface area contributed by atoms with E-state index in [-0.39, 0.29) is 22.0 Å². The quantitative estimate of drug-likeness (QED) is 0.247. The molecule has 0 radical (unpaired) electrons. The number of anilines is 3. The van der Waals surface area contributed by atoms with Crippen LogP contribution in [0, 0.1) is 17.6 Å². The summed E-state index contributed by atoms with van der Waals surface area (Å²) >= 11 is 31.1. The van der Waals surface area contributed by atoms with Gasteiger partial charge in [0, 0.05) is 34.6 Å². The standard InChI is InChI=1S/C25H16Cl5F2N3O3/c1-10(36)33-19-8-14(31)7-18(32)22(19)35-23(37)16-9-15(2-3-17(16)28)34-24(38)21-20(25(21,29)30)11-4-12(26)6-13(27)5-11/h2-9,20-21H,1H3,(H,33,36)(H,34,38)(H,35,37)/t20-,21+/m0/s1. The van der Waals surface area contributed by atoms with Crippen molar-refractivity contribution in [3.8, 4) is 0 Å². The monoisotopic (exact) mass is 619 g/mol. The normalized spacial score (nSPS) is 17.5. The average molecular weight is 622 g/mol. The van der Waals surface area contributed by atoms with Crippen molar-refractivity contribution >= 4 is 92.8 Å². The molecule has 0 spiro atoms. The zero-order valence-corrected chi connectivity index (χ0v) is 22.9. The third-order valence-corrected chi connectivity index (χ3v) is 7.37. The number of alkyl halides is 2. The SMILES string of the molecule is CC(=O)Nc1cc(F)cc(F)c1NC(=O)c1cc(NC(=O)[C@H]2[C@H](c3cc(Cl)cc(Cl)c3)C2(Cl)Cl)ccc1Cl. The molecule has 0 aromatic heterocycles. The van der Waals surface area contributed by atoms with E-state index in [9.17, 15) is 23.2 Å². The number of nitrogens with one attached hydrogen (secondary N) is 3. The van der Waals surface area contributed by atoms with Gasteiger partial charge in [-0.1, -0.05) is 34.8 Å². The molecule has 6 nitrogen and oxygen atoms in total. The Morgan fingerprint density at radius 1 is 0.868 bits per heavy atom. The number of hydrogen-bond acceptors (Lipinski definition) is 3. The zero-order valence-electron chi connectivity index (χ0n) is 19.1. The summed E-state index contributed by atoms with van der Waals surface area (Å²) in [6.07, 6.45) is 0. The summed E-state index contributed by atoms with van der Waals surface area (Å²) in [5.74, 6) is -5.56.